The van der Waals surface area contributed by atoms with Crippen LogP contribution in [-0.4, -0.2) is 10.1 Å². The van der Waals surface area contributed by atoms with Gasteiger partial charge in [-0.05, 0) is 40.1 Å². The molecule has 2 aromatic rings. The van der Waals surface area contributed by atoms with Crippen molar-refractivity contribution in [2.45, 2.75) is 6.92 Å². The molecule has 5 heteroatoms. The van der Waals surface area contributed by atoms with E-state index < -0.39 is 0 Å². The Labute approximate surface area is 76.7 Å². The summed E-state index contributed by atoms with van der Waals surface area (Å²) in [6.45, 7) is 1.86. The fraction of sp³-hybridized carbons (Fsp3) is 0.143. The highest BCUT2D eigenvalue weighted by Gasteiger charge is 2.09. The zero-order chi connectivity index (χ0) is 8.55. The fourth-order valence-corrected chi connectivity index (χ4v) is 1.09. The largest absolute Gasteiger partial charge is 0.456 e. The molecular weight excluding hydrogens is 224 g/mol. The van der Waals surface area contributed by atoms with Crippen LogP contribution in [0.15, 0.2) is 25.8 Å². The molecule has 0 radical (unpaired) electrons. The van der Waals surface area contributed by atoms with Crippen LogP contribution in [0.25, 0.3) is 11.7 Å². The molecule has 0 spiro atoms. The van der Waals surface area contributed by atoms with E-state index in [0.717, 1.165) is 5.76 Å². The minimum absolute atomic E-state index is 0.384. The van der Waals surface area contributed by atoms with Crippen molar-refractivity contribution < 1.29 is 8.94 Å². The quantitative estimate of drug-likeness (QED) is 0.753. The number of furan rings is 1. The average molecular weight is 229 g/mol. The van der Waals surface area contributed by atoms with Gasteiger partial charge in [-0.3, -0.25) is 0 Å². The van der Waals surface area contributed by atoms with E-state index in [4.69, 9.17) is 8.94 Å². The van der Waals surface area contributed by atoms with Crippen LogP contribution in [0.2, 0.25) is 0 Å². The average Bonchev–Trinajstić information content (AvgIpc) is 2.58. The van der Waals surface area contributed by atoms with Crippen molar-refractivity contribution in [3.63, 3.8) is 0 Å². The third-order valence-corrected chi connectivity index (χ3v) is 1.67. The number of hydrogen-bond donors (Lipinski definition) is 0. The van der Waals surface area contributed by atoms with Gasteiger partial charge in [0.25, 0.3) is 5.89 Å². The van der Waals surface area contributed by atoms with Crippen LogP contribution in [0.1, 0.15) is 5.76 Å². The lowest BCUT2D eigenvalue weighted by atomic mass is 10.4. The maximum Gasteiger partial charge on any atom is 0.294 e. The predicted octanol–water partition coefficient (Wildman–Crippen LogP) is 2.40. The summed E-state index contributed by atoms with van der Waals surface area (Å²) in [6, 6.07) is 3.63. The first-order chi connectivity index (χ1) is 5.75. The van der Waals surface area contributed by atoms with Crippen molar-refractivity contribution in [3.05, 3.63) is 22.6 Å². The summed E-state index contributed by atoms with van der Waals surface area (Å²) >= 11 is 3.08. The van der Waals surface area contributed by atoms with Gasteiger partial charge >= 0.3 is 0 Å². The molecule has 0 unspecified atom stereocenters. The van der Waals surface area contributed by atoms with Gasteiger partial charge in [0.1, 0.15) is 5.76 Å². The summed E-state index contributed by atoms with van der Waals surface area (Å²) in [7, 11) is 0. The molecule has 0 amide bonds. The smallest absolute Gasteiger partial charge is 0.294 e. The summed E-state index contributed by atoms with van der Waals surface area (Å²) in [6.07, 6.45) is 0. The van der Waals surface area contributed by atoms with Gasteiger partial charge in [-0.15, -0.1) is 0 Å². The van der Waals surface area contributed by atoms with Gasteiger partial charge in [-0.1, -0.05) is 0 Å². The van der Waals surface area contributed by atoms with Crippen molar-refractivity contribution in [2.75, 3.05) is 0 Å². The Kier molecular flexibility index (Phi) is 1.73. The van der Waals surface area contributed by atoms with Crippen molar-refractivity contribution in [1.29, 1.82) is 0 Å². The molecule has 0 fully saturated rings. The van der Waals surface area contributed by atoms with Crippen molar-refractivity contribution in [1.82, 2.24) is 10.1 Å². The summed E-state index contributed by atoms with van der Waals surface area (Å²) in [5, 5.41) is 3.57. The van der Waals surface area contributed by atoms with Crippen LogP contribution >= 0.6 is 15.9 Å². The summed E-state index contributed by atoms with van der Waals surface area (Å²) in [5.41, 5.74) is 0. The highest BCUT2D eigenvalue weighted by atomic mass is 79.9. The molecule has 2 heterocycles. The molecule has 4 nitrogen and oxygen atoms in total. The summed E-state index contributed by atoms with van der Waals surface area (Å²) in [4.78, 5) is 3.94. The number of aryl methyl sites for hydroxylation is 1. The molecule has 0 bridgehead atoms. The molecule has 0 N–H and O–H groups in total. The van der Waals surface area contributed by atoms with E-state index in [9.17, 15) is 0 Å². The molecule has 0 aromatic carbocycles. The summed E-state index contributed by atoms with van der Waals surface area (Å²) in [5.74, 6) is 1.79. The number of rotatable bonds is 1. The van der Waals surface area contributed by atoms with Crippen LogP contribution in [0.3, 0.4) is 0 Å². The second-order valence-electron chi connectivity index (χ2n) is 2.28. The monoisotopic (exact) mass is 228 g/mol. The van der Waals surface area contributed by atoms with Crippen LogP contribution in [0.5, 0.6) is 0 Å². The van der Waals surface area contributed by atoms with Crippen LogP contribution < -0.4 is 0 Å². The maximum absolute atomic E-state index is 5.27. The molecule has 0 aliphatic heterocycles. The first-order valence-corrected chi connectivity index (χ1v) is 4.11. The molecule has 12 heavy (non-hydrogen) atoms. The maximum atomic E-state index is 5.27. The van der Waals surface area contributed by atoms with Gasteiger partial charge in [0.15, 0.2) is 5.76 Å². The van der Waals surface area contributed by atoms with Gasteiger partial charge in [-0.25, -0.2) is 0 Å². The number of aromatic nitrogens is 2. The molecule has 0 atom stereocenters. The lowest BCUT2D eigenvalue weighted by Gasteiger charge is -1.83. The molecule has 2 rings (SSSR count). The zero-order valence-corrected chi connectivity index (χ0v) is 7.83. The van der Waals surface area contributed by atoms with Gasteiger partial charge in [0, 0.05) is 0 Å². The molecule has 2 aromatic heterocycles. The predicted molar refractivity (Wildman–Crippen MR) is 44.4 cm³/mol. The fourth-order valence-electron chi connectivity index (χ4n) is 0.855. The van der Waals surface area contributed by atoms with Crippen LogP contribution in [-0.2, 0) is 0 Å². The Hall–Kier alpha value is -1.10. The minimum atomic E-state index is 0.384. The van der Waals surface area contributed by atoms with E-state index in [0.29, 0.717) is 16.4 Å². The van der Waals surface area contributed by atoms with Crippen LogP contribution in [0.4, 0.5) is 0 Å². The SMILES string of the molecule is Cc1ccc(-c2nc(Br)no2)o1. The van der Waals surface area contributed by atoms with Crippen molar-refractivity contribution in [3.8, 4) is 11.7 Å². The third-order valence-electron chi connectivity index (χ3n) is 1.35. The Morgan fingerprint density at radius 1 is 1.42 bits per heavy atom. The van der Waals surface area contributed by atoms with Gasteiger partial charge in [-0.2, -0.15) is 4.98 Å². The number of nitrogens with zero attached hydrogens (tertiary/aromatic N) is 2. The zero-order valence-electron chi connectivity index (χ0n) is 6.24. The van der Waals surface area contributed by atoms with E-state index in [1.165, 1.54) is 0 Å². The standard InChI is InChI=1S/C7H5BrN2O2/c1-4-2-3-5(11-4)6-9-7(8)10-12-6/h2-3H,1H3. The molecule has 0 saturated heterocycles. The molecule has 0 aliphatic carbocycles. The lowest BCUT2D eigenvalue weighted by Crippen LogP contribution is -1.70. The second-order valence-corrected chi connectivity index (χ2v) is 2.99. The Balaban J connectivity index is 2.43. The number of hydrogen-bond acceptors (Lipinski definition) is 4. The van der Waals surface area contributed by atoms with E-state index in [1.807, 2.05) is 13.0 Å². The highest BCUT2D eigenvalue weighted by molar-refractivity contribution is 9.10. The topological polar surface area (TPSA) is 52.1 Å². The van der Waals surface area contributed by atoms with Crippen molar-refractivity contribution >= 4 is 15.9 Å². The normalized spacial score (nSPS) is 10.5. The first kappa shape index (κ1) is 7.54. The van der Waals surface area contributed by atoms with Gasteiger partial charge in [0.2, 0.25) is 4.73 Å². The van der Waals surface area contributed by atoms with Gasteiger partial charge < -0.3 is 8.94 Å². The Bertz CT molecular complexity index is 355. The third kappa shape index (κ3) is 1.27. The Morgan fingerprint density at radius 2 is 2.25 bits per heavy atom. The first-order valence-electron chi connectivity index (χ1n) is 3.32. The number of halogens is 1. The molecule has 0 saturated carbocycles. The van der Waals surface area contributed by atoms with Crippen molar-refractivity contribution in [2.24, 2.45) is 0 Å². The molecule has 0 aliphatic rings. The highest BCUT2D eigenvalue weighted by Crippen LogP contribution is 2.20. The van der Waals surface area contributed by atoms with Crippen LogP contribution in [0, 0.1) is 6.92 Å². The van der Waals surface area contributed by atoms with Gasteiger partial charge in [0.05, 0.1) is 0 Å². The van der Waals surface area contributed by atoms with E-state index in [-0.39, 0.29) is 0 Å². The lowest BCUT2D eigenvalue weighted by molar-refractivity contribution is 0.409. The van der Waals surface area contributed by atoms with E-state index in [2.05, 4.69) is 26.1 Å². The van der Waals surface area contributed by atoms with E-state index >= 15 is 0 Å². The second kappa shape index (κ2) is 2.75. The van der Waals surface area contributed by atoms with E-state index in [1.54, 1.807) is 6.07 Å². The minimum Gasteiger partial charge on any atom is -0.456 e. The Morgan fingerprint density at radius 3 is 2.75 bits per heavy atom. The molecule has 62 valence electrons. The molecular formula is C7H5BrN2O2. The summed E-state index contributed by atoms with van der Waals surface area (Å²) < 4.78 is 10.6.